The van der Waals surface area contributed by atoms with Crippen LogP contribution in [-0.4, -0.2) is 43.8 Å². The van der Waals surface area contributed by atoms with E-state index >= 15 is 0 Å². The van der Waals surface area contributed by atoms with Gasteiger partial charge in [-0.15, -0.1) is 0 Å². The lowest BCUT2D eigenvalue weighted by molar-refractivity contribution is -0.234. The molecule has 2 saturated heterocycles. The summed E-state index contributed by atoms with van der Waals surface area (Å²) >= 11 is 0. The molecule has 6 fully saturated rings. The van der Waals surface area contributed by atoms with Crippen molar-refractivity contribution >= 4 is 5.78 Å². The number of fused-ring (bicyclic) bond motifs is 5. The van der Waals surface area contributed by atoms with Crippen molar-refractivity contribution < 1.29 is 23.7 Å². The van der Waals surface area contributed by atoms with Gasteiger partial charge in [-0.1, -0.05) is 13.8 Å². The Kier molecular flexibility index (Phi) is 4.38. The first-order valence-electron chi connectivity index (χ1n) is 12.4. The van der Waals surface area contributed by atoms with Gasteiger partial charge in [-0.25, -0.2) is 0 Å². The fraction of sp³-hybridized carbons (Fsp3) is 0.960. The second kappa shape index (κ2) is 6.52. The maximum atomic E-state index is 13.9. The Balaban J connectivity index is 1.29. The van der Waals surface area contributed by atoms with Gasteiger partial charge >= 0.3 is 0 Å². The highest BCUT2D eigenvalue weighted by atomic mass is 16.7. The number of ether oxygens (including phenoxy) is 4. The molecule has 0 aromatic rings. The van der Waals surface area contributed by atoms with Crippen molar-refractivity contribution in [1.82, 2.24) is 0 Å². The maximum Gasteiger partial charge on any atom is 0.169 e. The second-order valence-electron chi connectivity index (χ2n) is 11.8. The molecule has 2 heterocycles. The standard InChI is InChI=1S/C25H38O5/c1-22-8-9-25(29-12-13-30-25)14-16(22)4-5-17-18-6-7-20(24(3)27-10-11-28-24)23(18,2)15-19(26)21(17)22/h16-18,20-21H,4-15H2,1-3H3/t16-,17+,18+,20+,21-,22+,23+/m1/s1. The number of hydrogen-bond donors (Lipinski definition) is 0. The lowest BCUT2D eigenvalue weighted by Crippen LogP contribution is -2.60. The molecule has 1 spiro atoms. The Morgan fingerprint density at radius 1 is 0.800 bits per heavy atom. The number of hydrogen-bond acceptors (Lipinski definition) is 5. The molecule has 6 rings (SSSR count). The van der Waals surface area contributed by atoms with Crippen molar-refractivity contribution in [2.45, 2.75) is 83.7 Å². The van der Waals surface area contributed by atoms with E-state index in [1.54, 1.807) is 0 Å². The quantitative estimate of drug-likeness (QED) is 0.634. The maximum absolute atomic E-state index is 13.9. The lowest BCUT2D eigenvalue weighted by Gasteiger charge is -2.61. The Morgan fingerprint density at radius 2 is 1.50 bits per heavy atom. The highest BCUT2D eigenvalue weighted by molar-refractivity contribution is 5.84. The molecule has 0 radical (unpaired) electrons. The predicted molar refractivity (Wildman–Crippen MR) is 111 cm³/mol. The molecule has 5 heteroatoms. The van der Waals surface area contributed by atoms with Crippen LogP contribution < -0.4 is 0 Å². The smallest absolute Gasteiger partial charge is 0.169 e. The molecule has 2 aliphatic heterocycles. The van der Waals surface area contributed by atoms with Crippen LogP contribution in [0.1, 0.15) is 72.1 Å². The lowest BCUT2D eigenvalue weighted by atomic mass is 9.44. The molecule has 0 bridgehead atoms. The zero-order valence-electron chi connectivity index (χ0n) is 18.9. The topological polar surface area (TPSA) is 54.0 Å². The third-order valence-electron chi connectivity index (χ3n) is 10.7. The summed E-state index contributed by atoms with van der Waals surface area (Å²) in [6, 6.07) is 0. The molecule has 4 saturated carbocycles. The SMILES string of the molecule is CC1([C@H]2CC[C@H]3[C@@H]4CC[C@@H]5CC6(CC[C@]5(C)[C@H]4C(=O)C[C@]23C)OCCO6)OCCO1. The van der Waals surface area contributed by atoms with Crippen LogP contribution in [-0.2, 0) is 23.7 Å². The molecule has 0 aromatic carbocycles. The van der Waals surface area contributed by atoms with Crippen LogP contribution in [0.25, 0.3) is 0 Å². The van der Waals surface area contributed by atoms with Crippen molar-refractivity contribution in [2.75, 3.05) is 26.4 Å². The number of carbonyl (C=O) groups excluding carboxylic acids is 1. The molecule has 0 aromatic heterocycles. The van der Waals surface area contributed by atoms with E-state index in [0.717, 1.165) is 38.9 Å². The van der Waals surface area contributed by atoms with Gasteiger partial charge in [0, 0.05) is 31.1 Å². The van der Waals surface area contributed by atoms with E-state index in [4.69, 9.17) is 18.9 Å². The minimum Gasteiger partial charge on any atom is -0.348 e. The van der Waals surface area contributed by atoms with Gasteiger partial charge in [0.1, 0.15) is 5.78 Å². The summed E-state index contributed by atoms with van der Waals surface area (Å²) in [6.45, 7) is 9.73. The van der Waals surface area contributed by atoms with Gasteiger partial charge in [-0.2, -0.15) is 0 Å². The molecular weight excluding hydrogens is 380 g/mol. The fourth-order valence-electron chi connectivity index (χ4n) is 9.36. The minimum atomic E-state index is -0.508. The number of carbonyl (C=O) groups is 1. The summed E-state index contributed by atoms with van der Waals surface area (Å²) < 4.78 is 24.4. The summed E-state index contributed by atoms with van der Waals surface area (Å²) in [6.07, 6.45) is 8.41. The van der Waals surface area contributed by atoms with Crippen molar-refractivity contribution in [2.24, 2.45) is 40.4 Å². The Morgan fingerprint density at radius 3 is 2.23 bits per heavy atom. The van der Waals surface area contributed by atoms with Crippen molar-refractivity contribution in [1.29, 1.82) is 0 Å². The van der Waals surface area contributed by atoms with Crippen molar-refractivity contribution in [3.05, 3.63) is 0 Å². The van der Waals surface area contributed by atoms with E-state index in [-0.39, 0.29) is 22.5 Å². The van der Waals surface area contributed by atoms with E-state index in [2.05, 4.69) is 20.8 Å². The Hall–Kier alpha value is -0.490. The monoisotopic (exact) mass is 418 g/mol. The average molecular weight is 419 g/mol. The predicted octanol–water partition coefficient (Wildman–Crippen LogP) is 4.33. The van der Waals surface area contributed by atoms with Crippen LogP contribution in [0.15, 0.2) is 0 Å². The fourth-order valence-corrected chi connectivity index (χ4v) is 9.36. The number of ketones is 1. The molecule has 30 heavy (non-hydrogen) atoms. The highest BCUT2D eigenvalue weighted by Gasteiger charge is 2.67. The molecule has 7 atom stereocenters. The minimum absolute atomic E-state index is 0.00804. The Labute approximate surface area is 180 Å². The third-order valence-corrected chi connectivity index (χ3v) is 10.7. The van der Waals surface area contributed by atoms with E-state index in [9.17, 15) is 4.79 Å². The summed E-state index contributed by atoms with van der Waals surface area (Å²) in [7, 11) is 0. The Bertz CT molecular complexity index is 723. The molecule has 0 amide bonds. The average Bonchev–Trinajstić information content (AvgIpc) is 3.41. The zero-order valence-corrected chi connectivity index (χ0v) is 18.9. The summed E-state index contributed by atoms with van der Waals surface area (Å²) in [5.74, 6) is 1.86. The van der Waals surface area contributed by atoms with Gasteiger partial charge in [-0.3, -0.25) is 4.79 Å². The van der Waals surface area contributed by atoms with Gasteiger partial charge in [0.05, 0.1) is 26.4 Å². The van der Waals surface area contributed by atoms with Gasteiger partial charge in [-0.05, 0) is 67.6 Å². The first kappa shape index (κ1) is 20.1. The second-order valence-corrected chi connectivity index (χ2v) is 11.8. The number of Topliss-reactive ketones (excluding diaryl/α,β-unsaturated/α-hetero) is 1. The van der Waals surface area contributed by atoms with Crippen molar-refractivity contribution in [3.63, 3.8) is 0 Å². The normalized spacial score (nSPS) is 51.6. The van der Waals surface area contributed by atoms with Crippen LogP contribution in [0.5, 0.6) is 0 Å². The van der Waals surface area contributed by atoms with Gasteiger partial charge in [0.2, 0.25) is 0 Å². The van der Waals surface area contributed by atoms with Crippen LogP contribution in [0, 0.1) is 40.4 Å². The summed E-state index contributed by atoms with van der Waals surface area (Å²) in [4.78, 5) is 13.9. The highest BCUT2D eigenvalue weighted by Crippen LogP contribution is 2.68. The summed E-state index contributed by atoms with van der Waals surface area (Å²) in [5, 5.41) is 0. The van der Waals surface area contributed by atoms with Crippen LogP contribution >= 0.6 is 0 Å². The first-order chi connectivity index (χ1) is 14.3. The molecule has 4 aliphatic carbocycles. The van der Waals surface area contributed by atoms with Crippen molar-refractivity contribution in [3.8, 4) is 0 Å². The van der Waals surface area contributed by atoms with Gasteiger partial charge in [0.25, 0.3) is 0 Å². The van der Waals surface area contributed by atoms with Crippen LogP contribution in [0.3, 0.4) is 0 Å². The first-order valence-corrected chi connectivity index (χ1v) is 12.4. The number of rotatable bonds is 1. The van der Waals surface area contributed by atoms with Crippen LogP contribution in [0.2, 0.25) is 0 Å². The third kappa shape index (κ3) is 2.58. The molecule has 168 valence electrons. The van der Waals surface area contributed by atoms with Gasteiger partial charge < -0.3 is 18.9 Å². The van der Waals surface area contributed by atoms with E-state index in [1.807, 2.05) is 0 Å². The zero-order chi connectivity index (χ0) is 20.8. The van der Waals surface area contributed by atoms with Crippen LogP contribution in [0.4, 0.5) is 0 Å². The summed E-state index contributed by atoms with van der Waals surface area (Å²) in [5.41, 5.74) is 0.109. The van der Waals surface area contributed by atoms with E-state index < -0.39 is 5.79 Å². The molecule has 0 unspecified atom stereocenters. The molecule has 6 aliphatic rings. The molecule has 0 N–H and O–H groups in total. The molecule has 5 nitrogen and oxygen atoms in total. The van der Waals surface area contributed by atoms with E-state index in [1.165, 1.54) is 19.3 Å². The molecular formula is C25H38O5. The van der Waals surface area contributed by atoms with E-state index in [0.29, 0.717) is 49.1 Å². The largest absolute Gasteiger partial charge is 0.348 e. The van der Waals surface area contributed by atoms with Gasteiger partial charge in [0.15, 0.2) is 11.6 Å².